The van der Waals surface area contributed by atoms with Crippen molar-refractivity contribution in [2.45, 2.75) is 31.5 Å². The Bertz CT molecular complexity index is 1100. The normalized spacial score (nSPS) is 14.8. The predicted molar refractivity (Wildman–Crippen MR) is 131 cm³/mol. The minimum Gasteiger partial charge on any atom is -0.493 e. The van der Waals surface area contributed by atoms with Crippen LogP contribution in [0, 0.1) is 0 Å². The highest BCUT2D eigenvalue weighted by molar-refractivity contribution is 7.99. The van der Waals surface area contributed by atoms with Gasteiger partial charge in [0.25, 0.3) is 0 Å². The third-order valence-electron chi connectivity index (χ3n) is 6.09. The summed E-state index contributed by atoms with van der Waals surface area (Å²) in [5, 5.41) is 0. The molecule has 1 aromatic heterocycles. The number of imidazole rings is 1. The molecular weight excluding hydrogens is 475 g/mol. The van der Waals surface area contributed by atoms with E-state index in [2.05, 4.69) is 4.98 Å². The van der Waals surface area contributed by atoms with E-state index in [4.69, 9.17) is 4.74 Å². The highest BCUT2D eigenvalue weighted by atomic mass is 32.2. The van der Waals surface area contributed by atoms with Crippen molar-refractivity contribution in [2.24, 2.45) is 0 Å². The Hall–Kier alpha value is -2.94. The van der Waals surface area contributed by atoms with Crippen LogP contribution in [0.1, 0.15) is 35.7 Å². The molecule has 1 aliphatic rings. The van der Waals surface area contributed by atoms with E-state index >= 15 is 0 Å². The van der Waals surface area contributed by atoms with E-state index in [-0.39, 0.29) is 23.9 Å². The molecule has 0 radical (unpaired) electrons. The second-order valence-corrected chi connectivity index (χ2v) is 9.54. The van der Waals surface area contributed by atoms with E-state index in [1.807, 2.05) is 35.2 Å². The highest BCUT2D eigenvalue weighted by Gasteiger charge is 2.33. The van der Waals surface area contributed by atoms with Gasteiger partial charge in [-0.15, -0.1) is 11.8 Å². The molecule has 1 aliphatic heterocycles. The number of thioether (sulfide) groups is 1. The second-order valence-electron chi connectivity index (χ2n) is 8.44. The molecule has 0 saturated carbocycles. The number of likely N-dealkylation sites (tertiary alicyclic amines) is 1. The standard InChI is InChI=1S/C26H28F3N3O2S/c27-26(28,29)23-9-5-4-6-21(23)18-32-15-12-30-25(32)20-10-13-31(14-11-20)24(33)19-35-17-16-34-22-7-2-1-3-8-22/h1-9,12,15,20H,10-11,13-14,16-19H2. The smallest absolute Gasteiger partial charge is 0.416 e. The van der Waals surface area contributed by atoms with Crippen LogP contribution in [0.15, 0.2) is 67.0 Å². The number of hydrogen-bond donors (Lipinski definition) is 0. The summed E-state index contributed by atoms with van der Waals surface area (Å²) in [6.07, 6.45) is 0.455. The summed E-state index contributed by atoms with van der Waals surface area (Å²) < 4.78 is 47.6. The van der Waals surface area contributed by atoms with Crippen LogP contribution in [0.25, 0.3) is 0 Å². The number of alkyl halides is 3. The molecule has 0 bridgehead atoms. The molecule has 3 aromatic rings. The van der Waals surface area contributed by atoms with Crippen LogP contribution in [0.3, 0.4) is 0 Å². The van der Waals surface area contributed by atoms with Gasteiger partial charge in [-0.3, -0.25) is 4.79 Å². The Labute approximate surface area is 207 Å². The van der Waals surface area contributed by atoms with E-state index in [1.165, 1.54) is 12.1 Å². The molecule has 35 heavy (non-hydrogen) atoms. The minimum atomic E-state index is -4.39. The largest absolute Gasteiger partial charge is 0.493 e. The van der Waals surface area contributed by atoms with Crippen molar-refractivity contribution in [3.8, 4) is 5.75 Å². The van der Waals surface area contributed by atoms with E-state index in [0.717, 1.165) is 36.2 Å². The summed E-state index contributed by atoms with van der Waals surface area (Å²) in [5.41, 5.74) is -0.396. The molecule has 2 heterocycles. The van der Waals surface area contributed by atoms with Gasteiger partial charge in [-0.25, -0.2) is 4.98 Å². The van der Waals surface area contributed by atoms with Crippen molar-refractivity contribution in [1.29, 1.82) is 0 Å². The number of para-hydroxylation sites is 1. The van der Waals surface area contributed by atoms with Crippen molar-refractivity contribution >= 4 is 17.7 Å². The van der Waals surface area contributed by atoms with Crippen molar-refractivity contribution in [2.75, 3.05) is 31.2 Å². The summed E-state index contributed by atoms with van der Waals surface area (Å²) in [6.45, 7) is 1.91. The fourth-order valence-electron chi connectivity index (χ4n) is 4.31. The summed E-state index contributed by atoms with van der Waals surface area (Å²) >= 11 is 1.56. The van der Waals surface area contributed by atoms with Gasteiger partial charge in [-0.1, -0.05) is 36.4 Å². The fourth-order valence-corrected chi connectivity index (χ4v) is 5.01. The Balaban J connectivity index is 1.25. The fraction of sp³-hybridized carbons (Fsp3) is 0.385. The molecule has 0 unspecified atom stereocenters. The van der Waals surface area contributed by atoms with Gasteiger partial charge in [0.2, 0.25) is 5.91 Å². The zero-order chi connectivity index (χ0) is 24.7. The third kappa shape index (κ3) is 6.81. The van der Waals surface area contributed by atoms with Crippen LogP contribution in [0.5, 0.6) is 5.75 Å². The SMILES string of the molecule is O=C(CSCCOc1ccccc1)N1CCC(c2nccn2Cc2ccccc2C(F)(F)F)CC1. The van der Waals surface area contributed by atoms with E-state index in [9.17, 15) is 18.0 Å². The molecule has 2 aromatic carbocycles. The molecule has 0 spiro atoms. The van der Waals surface area contributed by atoms with E-state index < -0.39 is 11.7 Å². The molecule has 0 aliphatic carbocycles. The molecule has 186 valence electrons. The number of halogens is 3. The van der Waals surface area contributed by atoms with Crippen LogP contribution in [0.2, 0.25) is 0 Å². The first-order valence-electron chi connectivity index (χ1n) is 11.6. The van der Waals surface area contributed by atoms with Crippen molar-refractivity contribution in [1.82, 2.24) is 14.5 Å². The van der Waals surface area contributed by atoms with Crippen LogP contribution in [-0.2, 0) is 17.5 Å². The van der Waals surface area contributed by atoms with Crippen LogP contribution in [0.4, 0.5) is 13.2 Å². The van der Waals surface area contributed by atoms with Crippen LogP contribution in [-0.4, -0.2) is 51.6 Å². The summed E-state index contributed by atoms with van der Waals surface area (Å²) in [7, 11) is 0. The van der Waals surface area contributed by atoms with Gasteiger partial charge < -0.3 is 14.2 Å². The third-order valence-corrected chi connectivity index (χ3v) is 7.00. The zero-order valence-corrected chi connectivity index (χ0v) is 20.1. The number of amides is 1. The maximum atomic E-state index is 13.4. The average Bonchev–Trinajstić information content (AvgIpc) is 3.32. The molecule has 0 N–H and O–H groups in total. The lowest BCUT2D eigenvalue weighted by atomic mass is 9.95. The molecule has 9 heteroatoms. The maximum absolute atomic E-state index is 13.4. The number of aromatic nitrogens is 2. The molecule has 4 rings (SSSR count). The number of ether oxygens (including phenoxy) is 1. The number of benzene rings is 2. The lowest BCUT2D eigenvalue weighted by Crippen LogP contribution is -2.39. The van der Waals surface area contributed by atoms with Gasteiger partial charge in [-0.05, 0) is 36.6 Å². The van der Waals surface area contributed by atoms with Crippen LogP contribution >= 0.6 is 11.8 Å². The summed E-state index contributed by atoms with van der Waals surface area (Å²) in [6, 6.07) is 15.2. The van der Waals surface area contributed by atoms with Gasteiger partial charge in [0, 0.05) is 43.7 Å². The Morgan fingerprint density at radius 1 is 1.06 bits per heavy atom. The van der Waals surface area contributed by atoms with Crippen molar-refractivity contribution in [3.63, 3.8) is 0 Å². The molecule has 1 amide bonds. The number of hydrogen-bond acceptors (Lipinski definition) is 4. The van der Waals surface area contributed by atoms with Gasteiger partial charge in [-0.2, -0.15) is 13.2 Å². The molecule has 5 nitrogen and oxygen atoms in total. The van der Waals surface area contributed by atoms with Gasteiger partial charge in [0.05, 0.1) is 17.9 Å². The average molecular weight is 504 g/mol. The number of carbonyl (C=O) groups excluding carboxylic acids is 1. The van der Waals surface area contributed by atoms with E-state index in [0.29, 0.717) is 25.4 Å². The molecule has 1 saturated heterocycles. The molecular formula is C26H28F3N3O2S. The number of piperidine rings is 1. The lowest BCUT2D eigenvalue weighted by Gasteiger charge is -2.32. The van der Waals surface area contributed by atoms with Gasteiger partial charge >= 0.3 is 6.18 Å². The van der Waals surface area contributed by atoms with Gasteiger partial charge in [0.1, 0.15) is 11.6 Å². The Morgan fingerprint density at radius 3 is 2.51 bits per heavy atom. The second kappa shape index (κ2) is 11.7. The van der Waals surface area contributed by atoms with Crippen LogP contribution < -0.4 is 4.74 Å². The minimum absolute atomic E-state index is 0.107. The number of rotatable bonds is 9. The first kappa shape index (κ1) is 25.2. The Morgan fingerprint density at radius 2 is 1.77 bits per heavy atom. The zero-order valence-electron chi connectivity index (χ0n) is 19.3. The van der Waals surface area contributed by atoms with Crippen molar-refractivity contribution < 1.29 is 22.7 Å². The molecule has 0 atom stereocenters. The monoisotopic (exact) mass is 503 g/mol. The Kier molecular flexibility index (Phi) is 8.38. The number of nitrogens with zero attached hydrogens (tertiary/aromatic N) is 3. The maximum Gasteiger partial charge on any atom is 0.416 e. The van der Waals surface area contributed by atoms with Crippen molar-refractivity contribution in [3.05, 3.63) is 83.9 Å². The first-order chi connectivity index (χ1) is 16.9. The lowest BCUT2D eigenvalue weighted by molar-refractivity contribution is -0.138. The molecule has 1 fully saturated rings. The summed E-state index contributed by atoms with van der Waals surface area (Å²) in [5.74, 6) is 2.96. The quantitative estimate of drug-likeness (QED) is 0.364. The first-order valence-corrected chi connectivity index (χ1v) is 12.8. The summed E-state index contributed by atoms with van der Waals surface area (Å²) in [4.78, 5) is 18.9. The van der Waals surface area contributed by atoms with E-state index in [1.54, 1.807) is 34.8 Å². The highest BCUT2D eigenvalue weighted by Crippen LogP contribution is 2.33. The predicted octanol–water partition coefficient (Wildman–Crippen LogP) is 5.47. The topological polar surface area (TPSA) is 47.4 Å². The van der Waals surface area contributed by atoms with Gasteiger partial charge in [0.15, 0.2) is 0 Å². The number of carbonyl (C=O) groups is 1.